The molecule has 0 radical (unpaired) electrons. The fraction of sp³-hybridized carbons (Fsp3) is 0.692. The summed E-state index contributed by atoms with van der Waals surface area (Å²) >= 11 is 1.70. The van der Waals surface area contributed by atoms with E-state index in [2.05, 4.69) is 0 Å². The molecule has 0 heterocycles. The molecule has 0 amide bonds. The first kappa shape index (κ1) is 13.5. The van der Waals surface area contributed by atoms with Crippen LogP contribution in [0.25, 0.3) is 0 Å². The van der Waals surface area contributed by atoms with E-state index in [9.17, 15) is 14.7 Å². The first-order valence-electron chi connectivity index (χ1n) is 6.11. The number of allylic oxidation sites excluding steroid dienone is 1. The van der Waals surface area contributed by atoms with Crippen molar-refractivity contribution in [2.24, 2.45) is 5.92 Å². The minimum Gasteiger partial charge on any atom is -0.511 e. The van der Waals surface area contributed by atoms with Gasteiger partial charge in [0.1, 0.15) is 11.5 Å². The summed E-state index contributed by atoms with van der Waals surface area (Å²) in [6.07, 6.45) is 5.39. The summed E-state index contributed by atoms with van der Waals surface area (Å²) in [7, 11) is 1.31. The van der Waals surface area contributed by atoms with Crippen LogP contribution in [0.4, 0.5) is 0 Å². The Labute approximate surface area is 111 Å². The van der Waals surface area contributed by atoms with Crippen molar-refractivity contribution in [3.8, 4) is 0 Å². The number of carbonyl (C=O) groups excluding carboxylic acids is 2. The molecule has 0 spiro atoms. The Morgan fingerprint density at radius 2 is 2.17 bits per heavy atom. The van der Waals surface area contributed by atoms with Gasteiger partial charge in [0.15, 0.2) is 0 Å². The summed E-state index contributed by atoms with van der Waals surface area (Å²) in [6.45, 7) is 0. The molecule has 0 aromatic heterocycles. The highest BCUT2D eigenvalue weighted by molar-refractivity contribution is 8.00. The van der Waals surface area contributed by atoms with Gasteiger partial charge in [0.25, 0.3) is 0 Å². The van der Waals surface area contributed by atoms with Crippen molar-refractivity contribution in [3.63, 3.8) is 0 Å². The second-order valence-electron chi connectivity index (χ2n) is 4.95. The minimum atomic E-state index is -0.495. The van der Waals surface area contributed by atoms with E-state index in [0.717, 1.165) is 19.3 Å². The van der Waals surface area contributed by atoms with Crippen molar-refractivity contribution in [2.75, 3.05) is 13.4 Å². The zero-order chi connectivity index (χ0) is 13.3. The Morgan fingerprint density at radius 1 is 1.50 bits per heavy atom. The van der Waals surface area contributed by atoms with Crippen LogP contribution in [0.1, 0.15) is 32.1 Å². The summed E-state index contributed by atoms with van der Waals surface area (Å²) in [5, 5.41) is 9.94. The molecule has 4 nitrogen and oxygen atoms in total. The molecular formula is C13H18O4S. The maximum atomic E-state index is 11.8. The normalized spacial score (nSPS) is 26.8. The van der Waals surface area contributed by atoms with E-state index >= 15 is 0 Å². The quantitative estimate of drug-likeness (QED) is 0.797. The highest BCUT2D eigenvalue weighted by Crippen LogP contribution is 2.53. The highest BCUT2D eigenvalue weighted by atomic mass is 32.2. The fourth-order valence-corrected chi connectivity index (χ4v) is 4.11. The van der Waals surface area contributed by atoms with Crippen LogP contribution >= 0.6 is 11.8 Å². The molecule has 100 valence electrons. The maximum Gasteiger partial charge on any atom is 0.337 e. The molecule has 2 aliphatic rings. The first-order valence-corrected chi connectivity index (χ1v) is 7.33. The number of hydrogen-bond donors (Lipinski definition) is 1. The average Bonchev–Trinajstić information content (AvgIpc) is 2.27. The SMILES string of the molecule is COC(=O)C1=C(O)CC(=O)CC1C1(SC)CCC1. The van der Waals surface area contributed by atoms with Gasteiger partial charge in [-0.1, -0.05) is 6.42 Å². The van der Waals surface area contributed by atoms with Gasteiger partial charge in [-0.15, -0.1) is 0 Å². The van der Waals surface area contributed by atoms with Gasteiger partial charge in [-0.2, -0.15) is 11.8 Å². The number of esters is 1. The molecule has 1 fully saturated rings. The molecule has 18 heavy (non-hydrogen) atoms. The lowest BCUT2D eigenvalue weighted by atomic mass is 9.67. The molecule has 1 atom stereocenters. The van der Waals surface area contributed by atoms with Gasteiger partial charge in [-0.25, -0.2) is 4.79 Å². The van der Waals surface area contributed by atoms with Crippen LogP contribution in [-0.2, 0) is 14.3 Å². The van der Waals surface area contributed by atoms with Crippen LogP contribution in [-0.4, -0.2) is 35.0 Å². The predicted octanol–water partition coefficient (Wildman–Crippen LogP) is 2.24. The third-order valence-electron chi connectivity index (χ3n) is 4.10. The summed E-state index contributed by atoms with van der Waals surface area (Å²) in [5.41, 5.74) is 0.325. The van der Waals surface area contributed by atoms with Crippen molar-refractivity contribution >= 4 is 23.5 Å². The zero-order valence-electron chi connectivity index (χ0n) is 10.7. The number of rotatable bonds is 3. The third-order valence-corrected chi connectivity index (χ3v) is 5.61. The van der Waals surface area contributed by atoms with Crippen LogP contribution in [0.3, 0.4) is 0 Å². The molecule has 1 unspecified atom stereocenters. The summed E-state index contributed by atoms with van der Waals surface area (Å²) in [5.74, 6) is -0.783. The van der Waals surface area contributed by atoms with E-state index in [-0.39, 0.29) is 28.6 Å². The van der Waals surface area contributed by atoms with E-state index < -0.39 is 5.97 Å². The highest BCUT2D eigenvalue weighted by Gasteiger charge is 2.50. The van der Waals surface area contributed by atoms with Gasteiger partial charge in [-0.05, 0) is 19.1 Å². The Hall–Kier alpha value is -0.970. The van der Waals surface area contributed by atoms with Gasteiger partial charge in [0.05, 0.1) is 19.1 Å². The first-order chi connectivity index (χ1) is 8.54. The molecule has 0 aliphatic heterocycles. The molecular weight excluding hydrogens is 252 g/mol. The van der Waals surface area contributed by atoms with E-state index in [4.69, 9.17) is 4.74 Å². The van der Waals surface area contributed by atoms with E-state index in [1.165, 1.54) is 7.11 Å². The maximum absolute atomic E-state index is 11.8. The Balaban J connectivity index is 2.39. The topological polar surface area (TPSA) is 63.6 Å². The molecule has 0 saturated heterocycles. The zero-order valence-corrected chi connectivity index (χ0v) is 11.5. The molecule has 1 saturated carbocycles. The number of methoxy groups -OCH3 is 1. The van der Waals surface area contributed by atoms with Crippen LogP contribution in [0.5, 0.6) is 0 Å². The predicted molar refractivity (Wildman–Crippen MR) is 69.5 cm³/mol. The standard InChI is InChI=1S/C13H18O4S/c1-17-12(16)11-9(6-8(14)7-10(11)15)13(18-2)4-3-5-13/h9,15H,3-7H2,1-2H3. The van der Waals surface area contributed by atoms with E-state index in [0.29, 0.717) is 12.0 Å². The monoisotopic (exact) mass is 270 g/mol. The Morgan fingerprint density at radius 3 is 2.61 bits per heavy atom. The minimum absolute atomic E-state index is 0.00507. The van der Waals surface area contributed by atoms with Gasteiger partial charge in [-0.3, -0.25) is 4.79 Å². The Kier molecular flexibility index (Phi) is 3.71. The number of carbonyl (C=O) groups is 2. The second kappa shape index (κ2) is 4.96. The molecule has 0 aromatic rings. The summed E-state index contributed by atoms with van der Waals surface area (Å²) < 4.78 is 4.68. The largest absolute Gasteiger partial charge is 0.511 e. The molecule has 0 bridgehead atoms. The molecule has 0 aromatic carbocycles. The summed E-state index contributed by atoms with van der Waals surface area (Å²) in [4.78, 5) is 23.5. The molecule has 2 rings (SSSR count). The van der Waals surface area contributed by atoms with Gasteiger partial charge < -0.3 is 9.84 Å². The van der Waals surface area contributed by atoms with Crippen molar-refractivity contribution in [2.45, 2.75) is 36.9 Å². The number of aliphatic hydroxyl groups excluding tert-OH is 1. The number of ketones is 1. The number of ether oxygens (including phenoxy) is 1. The Bertz CT molecular complexity index is 404. The number of aliphatic hydroxyl groups is 1. The van der Waals surface area contributed by atoms with Gasteiger partial charge in [0, 0.05) is 17.1 Å². The molecule has 2 aliphatic carbocycles. The lowest BCUT2D eigenvalue weighted by Crippen LogP contribution is -2.46. The van der Waals surface area contributed by atoms with E-state index in [1.54, 1.807) is 11.8 Å². The number of hydrogen-bond acceptors (Lipinski definition) is 5. The third kappa shape index (κ3) is 2.05. The van der Waals surface area contributed by atoms with Gasteiger partial charge >= 0.3 is 5.97 Å². The second-order valence-corrected chi connectivity index (χ2v) is 6.17. The smallest absolute Gasteiger partial charge is 0.337 e. The van der Waals surface area contributed by atoms with Crippen molar-refractivity contribution in [1.82, 2.24) is 0 Å². The van der Waals surface area contributed by atoms with Crippen molar-refractivity contribution < 1.29 is 19.4 Å². The molecule has 5 heteroatoms. The number of Topliss-reactive ketones (excluding diaryl/α,β-unsaturated/α-hetero) is 1. The lowest BCUT2D eigenvalue weighted by molar-refractivity contribution is -0.137. The van der Waals surface area contributed by atoms with Crippen LogP contribution in [0, 0.1) is 5.92 Å². The van der Waals surface area contributed by atoms with E-state index in [1.807, 2.05) is 6.26 Å². The average molecular weight is 270 g/mol. The number of thioether (sulfide) groups is 1. The van der Waals surface area contributed by atoms with Crippen LogP contribution < -0.4 is 0 Å². The fourth-order valence-electron chi connectivity index (χ4n) is 2.92. The molecule has 1 N–H and O–H groups in total. The van der Waals surface area contributed by atoms with Crippen molar-refractivity contribution in [3.05, 3.63) is 11.3 Å². The van der Waals surface area contributed by atoms with Crippen LogP contribution in [0.2, 0.25) is 0 Å². The van der Waals surface area contributed by atoms with Crippen LogP contribution in [0.15, 0.2) is 11.3 Å². The van der Waals surface area contributed by atoms with Gasteiger partial charge in [0.2, 0.25) is 0 Å². The summed E-state index contributed by atoms with van der Waals surface area (Å²) in [6, 6.07) is 0. The lowest BCUT2D eigenvalue weighted by Gasteiger charge is -2.48. The van der Waals surface area contributed by atoms with Crippen molar-refractivity contribution in [1.29, 1.82) is 0 Å².